The monoisotopic (exact) mass is 471 g/mol. The van der Waals surface area contributed by atoms with Gasteiger partial charge in [-0.25, -0.2) is 9.99 Å². The molecule has 1 atom stereocenters. The summed E-state index contributed by atoms with van der Waals surface area (Å²) < 4.78 is 10.8. The fourth-order valence-corrected chi connectivity index (χ4v) is 4.80. The van der Waals surface area contributed by atoms with E-state index in [-0.39, 0.29) is 23.6 Å². The molecule has 0 bridgehead atoms. The number of hydrogen-bond donors (Lipinski definition) is 1. The van der Waals surface area contributed by atoms with Gasteiger partial charge in [0, 0.05) is 12.3 Å². The van der Waals surface area contributed by atoms with Crippen molar-refractivity contribution in [1.82, 2.24) is 20.2 Å². The molecule has 1 aromatic carbocycles. The van der Waals surface area contributed by atoms with E-state index in [2.05, 4.69) is 15.2 Å². The zero-order valence-corrected chi connectivity index (χ0v) is 20.0. The maximum Gasteiger partial charge on any atom is 0.253 e. The van der Waals surface area contributed by atoms with Gasteiger partial charge in [-0.1, -0.05) is 37.7 Å². The van der Waals surface area contributed by atoms with Gasteiger partial charge in [-0.3, -0.25) is 9.89 Å². The Morgan fingerprint density at radius 2 is 2.09 bits per heavy atom. The summed E-state index contributed by atoms with van der Waals surface area (Å²) >= 11 is 2.92. The second-order valence-corrected chi connectivity index (χ2v) is 9.43. The summed E-state index contributed by atoms with van der Waals surface area (Å²) in [6.45, 7) is 4.08. The highest BCUT2D eigenvalue weighted by atomic mass is 32.2. The maximum atomic E-state index is 13.2. The van der Waals surface area contributed by atoms with E-state index in [1.807, 2.05) is 49.6 Å². The van der Waals surface area contributed by atoms with Crippen LogP contribution in [0.5, 0.6) is 11.5 Å². The molecule has 3 aromatic rings. The normalized spacial score (nSPS) is 15.8. The van der Waals surface area contributed by atoms with Crippen LogP contribution >= 0.6 is 23.1 Å². The molecule has 1 unspecified atom stereocenters. The first-order chi connectivity index (χ1) is 15.5. The van der Waals surface area contributed by atoms with Crippen LogP contribution in [0, 0.1) is 0 Å². The third-order valence-corrected chi connectivity index (χ3v) is 6.87. The number of nitrogens with zero attached hydrogens (tertiary/aromatic N) is 4. The second kappa shape index (κ2) is 9.74. The highest BCUT2D eigenvalue weighted by molar-refractivity contribution is 7.99. The molecule has 8 nitrogen and oxygen atoms in total. The predicted molar refractivity (Wildman–Crippen MR) is 126 cm³/mol. The highest BCUT2D eigenvalue weighted by Crippen LogP contribution is 2.38. The SMILES string of the molecule is COc1ccc(C2CC(c3cccs3)=NN2C(=O)CSc2n[nH]c(C(C)C)n2)cc1OC. The number of methoxy groups -OCH3 is 2. The number of ether oxygens (including phenoxy) is 2. The van der Waals surface area contributed by atoms with Crippen LogP contribution < -0.4 is 9.47 Å². The van der Waals surface area contributed by atoms with Crippen LogP contribution in [0.3, 0.4) is 0 Å². The van der Waals surface area contributed by atoms with Crippen LogP contribution in [0.2, 0.25) is 0 Å². The van der Waals surface area contributed by atoms with Crippen molar-refractivity contribution in [2.45, 2.75) is 37.4 Å². The van der Waals surface area contributed by atoms with Crippen molar-refractivity contribution in [3.63, 3.8) is 0 Å². The average molecular weight is 472 g/mol. The zero-order chi connectivity index (χ0) is 22.7. The molecule has 1 aliphatic heterocycles. The molecule has 0 spiro atoms. The molecule has 0 saturated heterocycles. The number of hydrazone groups is 1. The molecule has 1 aliphatic rings. The van der Waals surface area contributed by atoms with E-state index in [9.17, 15) is 4.79 Å². The first kappa shape index (κ1) is 22.3. The van der Waals surface area contributed by atoms with E-state index in [0.717, 1.165) is 22.0 Å². The van der Waals surface area contributed by atoms with Crippen LogP contribution in [0.15, 0.2) is 46.0 Å². The first-order valence-electron chi connectivity index (χ1n) is 10.2. The Bertz CT molecular complexity index is 1110. The predicted octanol–water partition coefficient (Wildman–Crippen LogP) is 4.48. The minimum atomic E-state index is -0.224. The maximum absolute atomic E-state index is 13.2. The summed E-state index contributed by atoms with van der Waals surface area (Å²) in [6, 6.07) is 9.52. The number of carbonyl (C=O) groups is 1. The van der Waals surface area contributed by atoms with E-state index in [0.29, 0.717) is 23.1 Å². The van der Waals surface area contributed by atoms with Gasteiger partial charge in [-0.15, -0.1) is 16.4 Å². The van der Waals surface area contributed by atoms with Crippen LogP contribution in [0.1, 0.15) is 48.5 Å². The Labute approximate surface area is 195 Å². The smallest absolute Gasteiger partial charge is 0.253 e. The largest absolute Gasteiger partial charge is 0.493 e. The van der Waals surface area contributed by atoms with Gasteiger partial charge in [0.25, 0.3) is 5.91 Å². The first-order valence-corrected chi connectivity index (χ1v) is 12.1. The third-order valence-electron chi connectivity index (χ3n) is 5.12. The van der Waals surface area contributed by atoms with E-state index < -0.39 is 0 Å². The zero-order valence-electron chi connectivity index (χ0n) is 18.4. The fraction of sp³-hybridized carbons (Fsp3) is 0.364. The number of rotatable bonds is 8. The average Bonchev–Trinajstić information content (AvgIpc) is 3.56. The molecule has 0 aliphatic carbocycles. The van der Waals surface area contributed by atoms with Gasteiger partial charge in [0.15, 0.2) is 11.5 Å². The number of H-pyrrole nitrogens is 1. The topological polar surface area (TPSA) is 92.7 Å². The van der Waals surface area contributed by atoms with Gasteiger partial charge in [-0.05, 0) is 29.1 Å². The summed E-state index contributed by atoms with van der Waals surface area (Å²) in [5.74, 6) is 2.42. The molecule has 0 fully saturated rings. The van der Waals surface area contributed by atoms with Crippen LogP contribution in [-0.2, 0) is 4.79 Å². The van der Waals surface area contributed by atoms with Crippen molar-refractivity contribution in [1.29, 1.82) is 0 Å². The molecular weight excluding hydrogens is 446 g/mol. The second-order valence-electron chi connectivity index (χ2n) is 7.54. The highest BCUT2D eigenvalue weighted by Gasteiger charge is 2.34. The Hall–Kier alpha value is -2.85. The van der Waals surface area contributed by atoms with Gasteiger partial charge in [-0.2, -0.15) is 5.10 Å². The Morgan fingerprint density at radius 1 is 1.28 bits per heavy atom. The molecule has 1 N–H and O–H groups in total. The molecule has 0 saturated carbocycles. The van der Waals surface area contributed by atoms with Gasteiger partial charge >= 0.3 is 0 Å². The minimum absolute atomic E-state index is 0.0998. The fourth-order valence-electron chi connectivity index (χ4n) is 3.42. The lowest BCUT2D eigenvalue weighted by molar-refractivity contribution is -0.130. The molecular formula is C22H25N5O3S2. The van der Waals surface area contributed by atoms with Crippen LogP contribution in [0.4, 0.5) is 0 Å². The molecule has 1 amide bonds. The van der Waals surface area contributed by atoms with Gasteiger partial charge in [0.1, 0.15) is 5.82 Å². The number of amides is 1. The molecule has 2 aromatic heterocycles. The molecule has 3 heterocycles. The molecule has 10 heteroatoms. The number of carbonyl (C=O) groups excluding carboxylic acids is 1. The third kappa shape index (κ3) is 4.66. The van der Waals surface area contributed by atoms with E-state index in [4.69, 9.17) is 14.6 Å². The molecule has 168 valence electrons. The number of aromatic nitrogens is 3. The van der Waals surface area contributed by atoms with E-state index >= 15 is 0 Å². The molecule has 32 heavy (non-hydrogen) atoms. The number of hydrogen-bond acceptors (Lipinski definition) is 8. The van der Waals surface area contributed by atoms with Gasteiger partial charge < -0.3 is 9.47 Å². The lowest BCUT2D eigenvalue weighted by Gasteiger charge is -2.22. The Morgan fingerprint density at radius 3 is 2.75 bits per heavy atom. The number of benzene rings is 1. The summed E-state index contributed by atoms with van der Waals surface area (Å²) in [5, 5.41) is 16.0. The number of thioether (sulfide) groups is 1. The van der Waals surface area contributed by atoms with Crippen molar-refractivity contribution in [2.75, 3.05) is 20.0 Å². The Balaban J connectivity index is 1.57. The van der Waals surface area contributed by atoms with Crippen LogP contribution in [-0.4, -0.2) is 51.8 Å². The molecule has 0 radical (unpaired) electrons. The Kier molecular flexibility index (Phi) is 6.80. The lowest BCUT2D eigenvalue weighted by Crippen LogP contribution is -2.28. The van der Waals surface area contributed by atoms with Crippen LogP contribution in [0.25, 0.3) is 0 Å². The van der Waals surface area contributed by atoms with Gasteiger partial charge in [0.05, 0.1) is 36.6 Å². The molecule has 4 rings (SSSR count). The summed E-state index contributed by atoms with van der Waals surface area (Å²) in [6.07, 6.45) is 0.630. The summed E-state index contributed by atoms with van der Waals surface area (Å²) in [4.78, 5) is 18.7. The summed E-state index contributed by atoms with van der Waals surface area (Å²) in [7, 11) is 3.21. The minimum Gasteiger partial charge on any atom is -0.493 e. The number of nitrogens with one attached hydrogen (secondary N) is 1. The van der Waals surface area contributed by atoms with E-state index in [1.54, 1.807) is 30.6 Å². The van der Waals surface area contributed by atoms with Gasteiger partial charge in [0.2, 0.25) is 5.16 Å². The standard InChI is InChI=1S/C22H25N5O3S2/c1-13(2)21-23-22(25-24-21)32-12-20(28)27-16(11-15(26-27)19-6-5-9-31-19)14-7-8-17(29-3)18(10-14)30-4/h5-10,13,16H,11-12H2,1-4H3,(H,23,24,25). The quantitative estimate of drug-likeness (QED) is 0.487. The van der Waals surface area contributed by atoms with E-state index in [1.165, 1.54) is 11.8 Å². The van der Waals surface area contributed by atoms with Crippen molar-refractivity contribution in [3.8, 4) is 11.5 Å². The number of thiophene rings is 1. The summed E-state index contributed by atoms with van der Waals surface area (Å²) in [5.41, 5.74) is 1.84. The van der Waals surface area contributed by atoms with Crippen molar-refractivity contribution in [2.24, 2.45) is 5.10 Å². The van der Waals surface area contributed by atoms with Crippen molar-refractivity contribution >= 4 is 34.7 Å². The van der Waals surface area contributed by atoms with Crippen molar-refractivity contribution in [3.05, 3.63) is 52.0 Å². The lowest BCUT2D eigenvalue weighted by atomic mass is 10.0. The van der Waals surface area contributed by atoms with Crippen molar-refractivity contribution < 1.29 is 14.3 Å². The number of aromatic amines is 1.